The molecule has 0 spiro atoms. The van der Waals surface area contributed by atoms with E-state index in [2.05, 4.69) is 15.9 Å². The third-order valence-corrected chi connectivity index (χ3v) is 4.15. The third kappa shape index (κ3) is 2.01. The van der Waals surface area contributed by atoms with Gasteiger partial charge in [-0.3, -0.25) is 0 Å². The molecule has 18 heavy (non-hydrogen) atoms. The first-order chi connectivity index (χ1) is 8.47. The standard InChI is InChI=1S/C12H9BrClFO3/c1-2-18-12(17)7-3-5-6(11(7)16)4-8(15)10(14)9(5)13/h4,16H,2-3H2,1H3. The van der Waals surface area contributed by atoms with Crippen LogP contribution in [-0.4, -0.2) is 17.7 Å². The van der Waals surface area contributed by atoms with Crippen LogP contribution in [-0.2, 0) is 16.0 Å². The van der Waals surface area contributed by atoms with Crippen LogP contribution in [0.1, 0.15) is 18.1 Å². The summed E-state index contributed by atoms with van der Waals surface area (Å²) in [6, 6.07) is 1.12. The van der Waals surface area contributed by atoms with Crippen LogP contribution < -0.4 is 0 Å². The van der Waals surface area contributed by atoms with E-state index in [1.54, 1.807) is 6.92 Å². The molecule has 96 valence electrons. The topological polar surface area (TPSA) is 46.5 Å². The normalized spacial score (nSPS) is 13.8. The van der Waals surface area contributed by atoms with Gasteiger partial charge >= 0.3 is 5.97 Å². The molecule has 0 aromatic heterocycles. The fraction of sp³-hybridized carbons (Fsp3) is 0.250. The van der Waals surface area contributed by atoms with E-state index < -0.39 is 11.8 Å². The van der Waals surface area contributed by atoms with Gasteiger partial charge in [-0.05, 0) is 34.5 Å². The number of ether oxygens (including phenoxy) is 1. The highest BCUT2D eigenvalue weighted by Gasteiger charge is 2.30. The molecule has 0 radical (unpaired) electrons. The Balaban J connectivity index is 2.49. The molecule has 1 aliphatic rings. The van der Waals surface area contributed by atoms with Gasteiger partial charge in [0.15, 0.2) is 0 Å². The first-order valence-electron chi connectivity index (χ1n) is 5.23. The lowest BCUT2D eigenvalue weighted by Gasteiger charge is -2.06. The fourth-order valence-corrected chi connectivity index (χ4v) is 2.54. The molecular formula is C12H9BrClFO3. The quantitative estimate of drug-likeness (QED) is 0.663. The zero-order valence-corrected chi connectivity index (χ0v) is 11.7. The summed E-state index contributed by atoms with van der Waals surface area (Å²) in [5.74, 6) is -1.51. The van der Waals surface area contributed by atoms with Gasteiger partial charge < -0.3 is 9.84 Å². The van der Waals surface area contributed by atoms with E-state index in [4.69, 9.17) is 16.3 Å². The molecule has 0 saturated heterocycles. The maximum atomic E-state index is 13.5. The highest BCUT2D eigenvalue weighted by atomic mass is 79.9. The van der Waals surface area contributed by atoms with E-state index in [9.17, 15) is 14.3 Å². The van der Waals surface area contributed by atoms with Crippen LogP contribution in [0.5, 0.6) is 0 Å². The van der Waals surface area contributed by atoms with E-state index in [1.165, 1.54) is 0 Å². The van der Waals surface area contributed by atoms with Crippen molar-refractivity contribution < 1.29 is 19.0 Å². The smallest absolute Gasteiger partial charge is 0.338 e. The summed E-state index contributed by atoms with van der Waals surface area (Å²) < 4.78 is 18.7. The summed E-state index contributed by atoms with van der Waals surface area (Å²) in [7, 11) is 0. The van der Waals surface area contributed by atoms with Crippen molar-refractivity contribution in [1.82, 2.24) is 0 Å². The Hall–Kier alpha value is -1.07. The number of aliphatic hydroxyl groups excluding tert-OH is 1. The first-order valence-corrected chi connectivity index (χ1v) is 6.40. The molecule has 0 saturated carbocycles. The highest BCUT2D eigenvalue weighted by molar-refractivity contribution is 9.10. The molecule has 1 N–H and O–H groups in total. The first kappa shape index (κ1) is 13.4. The molecule has 1 aromatic rings. The minimum absolute atomic E-state index is 0.0633. The average Bonchev–Trinajstić information content (AvgIpc) is 2.65. The lowest BCUT2D eigenvalue weighted by molar-refractivity contribution is -0.138. The summed E-state index contributed by atoms with van der Waals surface area (Å²) in [5, 5.41) is 9.86. The van der Waals surface area contributed by atoms with E-state index in [-0.39, 0.29) is 34.9 Å². The third-order valence-electron chi connectivity index (χ3n) is 2.68. The van der Waals surface area contributed by atoms with Gasteiger partial charge in [-0.2, -0.15) is 0 Å². The van der Waals surface area contributed by atoms with Crippen molar-refractivity contribution in [2.24, 2.45) is 0 Å². The summed E-state index contributed by atoms with van der Waals surface area (Å²) >= 11 is 8.92. The number of fused-ring (bicyclic) bond motifs is 1. The lowest BCUT2D eigenvalue weighted by atomic mass is 10.1. The maximum absolute atomic E-state index is 13.5. The predicted molar refractivity (Wildman–Crippen MR) is 69.0 cm³/mol. The Morgan fingerprint density at radius 1 is 1.67 bits per heavy atom. The Labute approximate surface area is 116 Å². The summed E-state index contributed by atoms with van der Waals surface area (Å²) in [5.41, 5.74) is 0.975. The number of rotatable bonds is 2. The van der Waals surface area contributed by atoms with Gasteiger partial charge in [0.05, 0.1) is 17.2 Å². The van der Waals surface area contributed by atoms with Crippen LogP contribution in [0.2, 0.25) is 5.02 Å². The number of hydrogen-bond acceptors (Lipinski definition) is 3. The number of halogens is 3. The number of hydrogen-bond donors (Lipinski definition) is 1. The van der Waals surface area contributed by atoms with Crippen LogP contribution in [0, 0.1) is 5.82 Å². The van der Waals surface area contributed by atoms with E-state index in [0.717, 1.165) is 6.07 Å². The SMILES string of the molecule is CCOC(=O)C1=C(O)c2cc(F)c(Cl)c(Br)c2C1. The van der Waals surface area contributed by atoms with Crippen molar-refractivity contribution in [3.05, 3.63) is 38.1 Å². The second-order valence-electron chi connectivity index (χ2n) is 3.74. The van der Waals surface area contributed by atoms with Gasteiger partial charge in [0.25, 0.3) is 0 Å². The van der Waals surface area contributed by atoms with Crippen molar-refractivity contribution in [3.63, 3.8) is 0 Å². The number of esters is 1. The Kier molecular flexibility index (Phi) is 3.64. The second kappa shape index (κ2) is 4.90. The molecule has 6 heteroatoms. The van der Waals surface area contributed by atoms with Crippen molar-refractivity contribution >= 4 is 39.3 Å². The van der Waals surface area contributed by atoms with Crippen LogP contribution in [0.15, 0.2) is 16.1 Å². The molecule has 0 bridgehead atoms. The molecule has 0 fully saturated rings. The van der Waals surface area contributed by atoms with E-state index >= 15 is 0 Å². The molecule has 1 aromatic carbocycles. The summed E-state index contributed by atoms with van der Waals surface area (Å²) in [6.45, 7) is 1.88. The van der Waals surface area contributed by atoms with Gasteiger partial charge in [-0.25, -0.2) is 9.18 Å². The van der Waals surface area contributed by atoms with E-state index in [1.807, 2.05) is 0 Å². The molecule has 0 amide bonds. The Bertz CT molecular complexity index is 569. The van der Waals surface area contributed by atoms with Gasteiger partial charge in [-0.15, -0.1) is 0 Å². The van der Waals surface area contributed by atoms with Crippen molar-refractivity contribution in [2.75, 3.05) is 6.61 Å². The lowest BCUT2D eigenvalue weighted by Crippen LogP contribution is -2.08. The average molecular weight is 336 g/mol. The maximum Gasteiger partial charge on any atom is 0.338 e. The van der Waals surface area contributed by atoms with Gasteiger partial charge in [0.2, 0.25) is 0 Å². The molecule has 0 aliphatic heterocycles. The molecule has 3 nitrogen and oxygen atoms in total. The predicted octanol–water partition coefficient (Wildman–Crippen LogP) is 3.63. The zero-order valence-electron chi connectivity index (χ0n) is 9.39. The van der Waals surface area contributed by atoms with Gasteiger partial charge in [0.1, 0.15) is 11.6 Å². The van der Waals surface area contributed by atoms with Gasteiger partial charge in [-0.1, -0.05) is 11.6 Å². The molecular weight excluding hydrogens is 326 g/mol. The largest absolute Gasteiger partial charge is 0.507 e. The van der Waals surface area contributed by atoms with Crippen LogP contribution in [0.25, 0.3) is 5.76 Å². The minimum atomic E-state index is -0.654. The van der Waals surface area contributed by atoms with Crippen molar-refractivity contribution in [1.29, 1.82) is 0 Å². The minimum Gasteiger partial charge on any atom is -0.507 e. The number of benzene rings is 1. The molecule has 0 unspecified atom stereocenters. The summed E-state index contributed by atoms with van der Waals surface area (Å²) in [6.07, 6.45) is 0.167. The van der Waals surface area contributed by atoms with Crippen LogP contribution in [0.3, 0.4) is 0 Å². The Morgan fingerprint density at radius 3 is 2.94 bits per heavy atom. The molecule has 1 aliphatic carbocycles. The number of aliphatic hydroxyl groups is 1. The monoisotopic (exact) mass is 334 g/mol. The molecule has 0 atom stereocenters. The van der Waals surface area contributed by atoms with Crippen molar-refractivity contribution in [2.45, 2.75) is 13.3 Å². The number of carbonyl (C=O) groups excluding carboxylic acids is 1. The second-order valence-corrected chi connectivity index (χ2v) is 4.91. The zero-order chi connectivity index (χ0) is 13.4. The highest BCUT2D eigenvalue weighted by Crippen LogP contribution is 2.40. The van der Waals surface area contributed by atoms with Crippen LogP contribution in [0.4, 0.5) is 4.39 Å². The van der Waals surface area contributed by atoms with Crippen molar-refractivity contribution in [3.8, 4) is 0 Å². The fourth-order valence-electron chi connectivity index (χ4n) is 1.83. The number of carbonyl (C=O) groups is 1. The van der Waals surface area contributed by atoms with Crippen LogP contribution >= 0.6 is 27.5 Å². The molecule has 2 rings (SSSR count). The summed E-state index contributed by atoms with van der Waals surface area (Å²) in [4.78, 5) is 11.6. The Morgan fingerprint density at radius 2 is 2.33 bits per heavy atom. The van der Waals surface area contributed by atoms with Gasteiger partial charge in [0, 0.05) is 16.5 Å². The molecule has 0 heterocycles. The van der Waals surface area contributed by atoms with E-state index in [0.29, 0.717) is 10.0 Å².